The molecule has 0 radical (unpaired) electrons. The summed E-state index contributed by atoms with van der Waals surface area (Å²) < 4.78 is 15.7. The van der Waals surface area contributed by atoms with Gasteiger partial charge in [0, 0.05) is 13.6 Å². The first-order valence-electron chi connectivity index (χ1n) is 9.16. The van der Waals surface area contributed by atoms with E-state index in [4.69, 9.17) is 0 Å². The van der Waals surface area contributed by atoms with Gasteiger partial charge in [-0.05, 0) is 30.7 Å². The van der Waals surface area contributed by atoms with Crippen LogP contribution in [-0.2, 0) is 4.79 Å². The van der Waals surface area contributed by atoms with Gasteiger partial charge >= 0.3 is 0 Å². The summed E-state index contributed by atoms with van der Waals surface area (Å²) >= 11 is 1.14. The zero-order valence-electron chi connectivity index (χ0n) is 15.9. The summed E-state index contributed by atoms with van der Waals surface area (Å²) in [5.74, 6) is -0.449. The molecule has 2 aromatic carbocycles. The Balaban J connectivity index is 2.01. The summed E-state index contributed by atoms with van der Waals surface area (Å²) in [6, 6.07) is 13.0. The van der Waals surface area contributed by atoms with Crippen LogP contribution in [0.4, 0.5) is 4.39 Å². The number of hydrogen-bond donors (Lipinski definition) is 0. The maximum atomic E-state index is 14.4. The lowest BCUT2D eigenvalue weighted by Gasteiger charge is -2.17. The third-order valence-electron chi connectivity index (χ3n) is 4.44. The highest BCUT2D eigenvalue weighted by Crippen LogP contribution is 2.23. The Morgan fingerprint density at radius 2 is 1.89 bits per heavy atom. The predicted octanol–water partition coefficient (Wildman–Crippen LogP) is 3.88. The Kier molecular flexibility index (Phi) is 6.46. The number of halogens is 1. The molecule has 1 amide bonds. The van der Waals surface area contributed by atoms with E-state index in [1.807, 2.05) is 0 Å². The van der Waals surface area contributed by atoms with E-state index in [-0.39, 0.29) is 22.9 Å². The number of thioether (sulfide) groups is 1. The molecule has 0 saturated carbocycles. The summed E-state index contributed by atoms with van der Waals surface area (Å²) in [6.45, 7) is 2.75. The van der Waals surface area contributed by atoms with Crippen LogP contribution in [0.3, 0.4) is 0 Å². The van der Waals surface area contributed by atoms with Crippen molar-refractivity contribution in [1.29, 1.82) is 0 Å². The van der Waals surface area contributed by atoms with Gasteiger partial charge in [-0.2, -0.15) is 0 Å². The van der Waals surface area contributed by atoms with Gasteiger partial charge in [0.05, 0.1) is 22.3 Å². The van der Waals surface area contributed by atoms with Crippen LogP contribution >= 0.6 is 11.8 Å². The minimum absolute atomic E-state index is 0.0547. The van der Waals surface area contributed by atoms with Crippen LogP contribution in [0, 0.1) is 5.82 Å². The first-order chi connectivity index (χ1) is 13.5. The van der Waals surface area contributed by atoms with E-state index in [0.29, 0.717) is 22.6 Å². The molecule has 0 unspecified atom stereocenters. The molecule has 3 aromatic rings. The van der Waals surface area contributed by atoms with Gasteiger partial charge in [0.15, 0.2) is 5.16 Å². The molecule has 1 heterocycles. The van der Waals surface area contributed by atoms with Crippen molar-refractivity contribution < 1.29 is 9.18 Å². The Labute approximate surface area is 167 Å². The van der Waals surface area contributed by atoms with E-state index in [0.717, 1.165) is 24.6 Å². The highest BCUT2D eigenvalue weighted by atomic mass is 32.2. The van der Waals surface area contributed by atoms with Crippen molar-refractivity contribution in [3.05, 3.63) is 64.7 Å². The molecule has 0 fully saturated rings. The van der Waals surface area contributed by atoms with Crippen molar-refractivity contribution in [2.24, 2.45) is 0 Å². The van der Waals surface area contributed by atoms with Crippen molar-refractivity contribution >= 4 is 28.6 Å². The fraction of sp³-hybridized carbons (Fsp3) is 0.286. The maximum Gasteiger partial charge on any atom is 0.266 e. The number of fused-ring (bicyclic) bond motifs is 1. The molecule has 3 rings (SSSR count). The van der Waals surface area contributed by atoms with E-state index in [1.54, 1.807) is 48.3 Å². The van der Waals surface area contributed by atoms with E-state index < -0.39 is 5.82 Å². The second kappa shape index (κ2) is 9.01. The summed E-state index contributed by atoms with van der Waals surface area (Å²) in [5.41, 5.74) is 0.291. The second-order valence-electron chi connectivity index (χ2n) is 6.46. The number of carbonyl (C=O) groups excluding carboxylic acids is 1. The maximum absolute atomic E-state index is 14.4. The van der Waals surface area contributed by atoms with Crippen LogP contribution in [0.2, 0.25) is 0 Å². The number of carbonyl (C=O) groups is 1. The molecule has 28 heavy (non-hydrogen) atoms. The molecule has 0 bridgehead atoms. The Bertz CT molecular complexity index is 1050. The van der Waals surface area contributed by atoms with Gasteiger partial charge in [0.25, 0.3) is 5.56 Å². The van der Waals surface area contributed by atoms with Gasteiger partial charge in [0.1, 0.15) is 5.82 Å². The van der Waals surface area contributed by atoms with Crippen LogP contribution in [0.1, 0.15) is 19.8 Å². The standard InChI is InChI=1S/C21H22FN3O2S/c1-3-4-13-24(2)19(26)14-28-21-23-17-11-7-5-9-15(17)20(27)25(21)18-12-8-6-10-16(18)22/h5-12H,3-4,13-14H2,1-2H3. The highest BCUT2D eigenvalue weighted by molar-refractivity contribution is 7.99. The van der Waals surface area contributed by atoms with Crippen LogP contribution in [0.5, 0.6) is 0 Å². The van der Waals surface area contributed by atoms with Gasteiger partial charge < -0.3 is 4.90 Å². The smallest absolute Gasteiger partial charge is 0.266 e. The summed E-state index contributed by atoms with van der Waals surface area (Å²) in [4.78, 5) is 31.7. The summed E-state index contributed by atoms with van der Waals surface area (Å²) in [7, 11) is 1.76. The monoisotopic (exact) mass is 399 g/mol. The number of nitrogens with zero attached hydrogens (tertiary/aromatic N) is 3. The average molecular weight is 399 g/mol. The largest absolute Gasteiger partial charge is 0.345 e. The van der Waals surface area contributed by atoms with E-state index >= 15 is 0 Å². The van der Waals surface area contributed by atoms with Crippen LogP contribution in [0.25, 0.3) is 16.6 Å². The highest BCUT2D eigenvalue weighted by Gasteiger charge is 2.17. The molecular weight excluding hydrogens is 377 g/mol. The number of benzene rings is 2. The second-order valence-corrected chi connectivity index (χ2v) is 7.40. The Morgan fingerprint density at radius 1 is 1.18 bits per heavy atom. The third kappa shape index (κ3) is 4.25. The molecule has 1 aromatic heterocycles. The van der Waals surface area contributed by atoms with Crippen molar-refractivity contribution in [3.63, 3.8) is 0 Å². The lowest BCUT2D eigenvalue weighted by atomic mass is 10.2. The van der Waals surface area contributed by atoms with E-state index in [1.165, 1.54) is 16.7 Å². The summed E-state index contributed by atoms with van der Waals surface area (Å²) in [6.07, 6.45) is 1.94. The predicted molar refractivity (Wildman–Crippen MR) is 111 cm³/mol. The molecule has 0 atom stereocenters. The molecule has 0 aliphatic rings. The Hall–Kier alpha value is -2.67. The van der Waals surface area contributed by atoms with E-state index in [9.17, 15) is 14.0 Å². The zero-order chi connectivity index (χ0) is 20.1. The fourth-order valence-electron chi connectivity index (χ4n) is 2.81. The van der Waals surface area contributed by atoms with Gasteiger partial charge in [-0.1, -0.05) is 49.4 Å². The van der Waals surface area contributed by atoms with Gasteiger partial charge in [-0.3, -0.25) is 14.2 Å². The number of amides is 1. The van der Waals surface area contributed by atoms with Crippen molar-refractivity contribution in [1.82, 2.24) is 14.5 Å². The number of unbranched alkanes of at least 4 members (excludes halogenated alkanes) is 1. The molecule has 0 N–H and O–H groups in total. The molecule has 0 saturated heterocycles. The van der Waals surface area contributed by atoms with Crippen LogP contribution in [0.15, 0.2) is 58.5 Å². The lowest BCUT2D eigenvalue weighted by Crippen LogP contribution is -2.30. The summed E-state index contributed by atoms with van der Waals surface area (Å²) in [5, 5.41) is 0.701. The topological polar surface area (TPSA) is 55.2 Å². The minimum atomic E-state index is -0.519. The molecule has 7 heteroatoms. The number of aromatic nitrogens is 2. The van der Waals surface area contributed by atoms with Crippen LogP contribution < -0.4 is 5.56 Å². The Morgan fingerprint density at radius 3 is 2.64 bits per heavy atom. The molecule has 0 spiro atoms. The first-order valence-corrected chi connectivity index (χ1v) is 10.1. The fourth-order valence-corrected chi connectivity index (χ4v) is 3.76. The molecule has 146 valence electrons. The number of hydrogen-bond acceptors (Lipinski definition) is 4. The third-order valence-corrected chi connectivity index (χ3v) is 5.36. The number of rotatable bonds is 7. The van der Waals surface area contributed by atoms with Gasteiger partial charge in [-0.25, -0.2) is 9.37 Å². The quantitative estimate of drug-likeness (QED) is 0.447. The van der Waals surface area contributed by atoms with Crippen molar-refractivity contribution in [2.75, 3.05) is 19.3 Å². The zero-order valence-corrected chi connectivity index (χ0v) is 16.7. The SMILES string of the molecule is CCCCN(C)C(=O)CSc1nc2ccccc2c(=O)n1-c1ccccc1F. The minimum Gasteiger partial charge on any atom is -0.345 e. The lowest BCUT2D eigenvalue weighted by molar-refractivity contribution is -0.127. The van der Waals surface area contributed by atoms with Gasteiger partial charge in [0.2, 0.25) is 5.91 Å². The molecular formula is C21H22FN3O2S. The van der Waals surface area contributed by atoms with Crippen molar-refractivity contribution in [3.8, 4) is 5.69 Å². The van der Waals surface area contributed by atoms with Gasteiger partial charge in [-0.15, -0.1) is 0 Å². The van der Waals surface area contributed by atoms with Crippen LogP contribution in [-0.4, -0.2) is 39.7 Å². The number of para-hydroxylation sites is 2. The molecule has 5 nitrogen and oxygen atoms in total. The van der Waals surface area contributed by atoms with Crippen molar-refractivity contribution in [2.45, 2.75) is 24.9 Å². The molecule has 0 aliphatic carbocycles. The normalized spacial score (nSPS) is 11.0. The average Bonchev–Trinajstić information content (AvgIpc) is 2.71. The first kappa shape index (κ1) is 20.1. The van der Waals surface area contributed by atoms with E-state index in [2.05, 4.69) is 11.9 Å². The molecule has 0 aliphatic heterocycles.